The van der Waals surface area contributed by atoms with Crippen molar-refractivity contribution in [3.8, 4) is 0 Å². The van der Waals surface area contributed by atoms with Gasteiger partial charge in [-0.2, -0.15) is 0 Å². The van der Waals surface area contributed by atoms with E-state index >= 15 is 0 Å². The lowest BCUT2D eigenvalue weighted by atomic mass is 10.2. The molecule has 17 heavy (non-hydrogen) atoms. The first-order chi connectivity index (χ1) is 8.08. The molecule has 0 bridgehead atoms. The van der Waals surface area contributed by atoms with Crippen LogP contribution >= 0.6 is 11.8 Å². The van der Waals surface area contributed by atoms with Gasteiger partial charge in [0, 0.05) is 24.8 Å². The van der Waals surface area contributed by atoms with Crippen molar-refractivity contribution in [2.24, 2.45) is 0 Å². The first-order valence-corrected chi connectivity index (χ1v) is 7.11. The highest BCUT2D eigenvalue weighted by Crippen LogP contribution is 2.21. The lowest BCUT2D eigenvalue weighted by molar-refractivity contribution is -0.00550. The number of nitrogens with zero attached hydrogens (tertiary/aromatic N) is 3. The number of anilines is 1. The third-order valence-corrected chi connectivity index (χ3v) is 3.29. The number of morpholine rings is 1. The smallest absolute Gasteiger partial charge is 0.189 e. The standard InChI is InChI=1S/C12H19N3OS/c1-8-5-11(14-12(13-8)17-4)15-6-9(2)16-10(3)7-15/h5,9-10H,6-7H2,1-4H3. The van der Waals surface area contributed by atoms with Gasteiger partial charge in [0.25, 0.3) is 0 Å². The number of ether oxygens (including phenoxy) is 1. The van der Waals surface area contributed by atoms with Gasteiger partial charge in [0.05, 0.1) is 12.2 Å². The van der Waals surface area contributed by atoms with E-state index in [9.17, 15) is 0 Å². The van der Waals surface area contributed by atoms with Crippen LogP contribution in [0.4, 0.5) is 5.82 Å². The van der Waals surface area contributed by atoms with E-state index in [1.54, 1.807) is 11.8 Å². The van der Waals surface area contributed by atoms with Gasteiger partial charge in [-0.25, -0.2) is 9.97 Å². The number of hydrogen-bond donors (Lipinski definition) is 0. The third-order valence-electron chi connectivity index (χ3n) is 2.75. The van der Waals surface area contributed by atoms with E-state index in [1.807, 2.05) is 19.2 Å². The zero-order valence-electron chi connectivity index (χ0n) is 10.8. The van der Waals surface area contributed by atoms with E-state index in [4.69, 9.17) is 4.74 Å². The normalized spacial score (nSPS) is 25.1. The second kappa shape index (κ2) is 5.23. The molecule has 1 saturated heterocycles. The minimum absolute atomic E-state index is 0.256. The summed E-state index contributed by atoms with van der Waals surface area (Å²) < 4.78 is 5.73. The van der Waals surface area contributed by atoms with Gasteiger partial charge < -0.3 is 9.64 Å². The summed E-state index contributed by atoms with van der Waals surface area (Å²) in [6, 6.07) is 2.05. The molecule has 1 fully saturated rings. The van der Waals surface area contributed by atoms with Crippen molar-refractivity contribution in [3.05, 3.63) is 11.8 Å². The Hall–Kier alpha value is -0.810. The van der Waals surface area contributed by atoms with Crippen LogP contribution in [0.25, 0.3) is 0 Å². The molecule has 4 nitrogen and oxygen atoms in total. The third kappa shape index (κ3) is 3.10. The van der Waals surface area contributed by atoms with Crippen LogP contribution in [0.2, 0.25) is 0 Å². The first kappa shape index (κ1) is 12.6. The maximum Gasteiger partial charge on any atom is 0.189 e. The summed E-state index contributed by atoms with van der Waals surface area (Å²) in [7, 11) is 0. The molecule has 1 aliphatic heterocycles. The summed E-state index contributed by atoms with van der Waals surface area (Å²) in [5, 5.41) is 0.840. The Morgan fingerprint density at radius 1 is 1.29 bits per heavy atom. The molecule has 0 aromatic carbocycles. The van der Waals surface area contributed by atoms with Crippen LogP contribution in [0.1, 0.15) is 19.5 Å². The number of hydrogen-bond acceptors (Lipinski definition) is 5. The van der Waals surface area contributed by atoms with Crippen molar-refractivity contribution < 1.29 is 4.74 Å². The van der Waals surface area contributed by atoms with Crippen molar-refractivity contribution in [1.29, 1.82) is 0 Å². The minimum atomic E-state index is 0.256. The van der Waals surface area contributed by atoms with E-state index in [0.29, 0.717) is 0 Å². The number of aryl methyl sites for hydroxylation is 1. The molecule has 94 valence electrons. The molecular weight excluding hydrogens is 234 g/mol. The van der Waals surface area contributed by atoms with Crippen molar-refractivity contribution in [1.82, 2.24) is 9.97 Å². The molecule has 2 atom stereocenters. The van der Waals surface area contributed by atoms with Crippen molar-refractivity contribution in [2.45, 2.75) is 38.1 Å². The van der Waals surface area contributed by atoms with Gasteiger partial charge >= 0.3 is 0 Å². The van der Waals surface area contributed by atoms with Gasteiger partial charge in [-0.05, 0) is 27.0 Å². The molecule has 0 saturated carbocycles. The van der Waals surface area contributed by atoms with Gasteiger partial charge in [-0.3, -0.25) is 0 Å². The summed E-state index contributed by atoms with van der Waals surface area (Å²) in [4.78, 5) is 11.2. The molecule has 0 aliphatic carbocycles. The maximum atomic E-state index is 5.73. The fourth-order valence-electron chi connectivity index (χ4n) is 2.14. The zero-order chi connectivity index (χ0) is 12.4. The highest BCUT2D eigenvalue weighted by atomic mass is 32.2. The lowest BCUT2D eigenvalue weighted by Gasteiger charge is -2.36. The average molecular weight is 253 g/mol. The van der Waals surface area contributed by atoms with Gasteiger partial charge in [-0.1, -0.05) is 11.8 Å². The minimum Gasteiger partial charge on any atom is -0.372 e. The Morgan fingerprint density at radius 2 is 1.94 bits per heavy atom. The molecule has 2 unspecified atom stereocenters. The van der Waals surface area contributed by atoms with Gasteiger partial charge in [0.15, 0.2) is 5.16 Å². The topological polar surface area (TPSA) is 38.2 Å². The monoisotopic (exact) mass is 253 g/mol. The highest BCUT2D eigenvalue weighted by molar-refractivity contribution is 7.98. The van der Waals surface area contributed by atoms with E-state index in [-0.39, 0.29) is 12.2 Å². The molecule has 1 aromatic rings. The summed E-state index contributed by atoms with van der Waals surface area (Å²) in [5.41, 5.74) is 1.02. The largest absolute Gasteiger partial charge is 0.372 e. The Labute approximate surface area is 107 Å². The van der Waals surface area contributed by atoms with Crippen LogP contribution in [0.3, 0.4) is 0 Å². The maximum absolute atomic E-state index is 5.73. The summed E-state index contributed by atoms with van der Waals surface area (Å²) in [6.45, 7) is 8.01. The number of aromatic nitrogens is 2. The Bertz CT molecular complexity index is 389. The Morgan fingerprint density at radius 3 is 2.53 bits per heavy atom. The molecule has 2 rings (SSSR count). The van der Waals surface area contributed by atoms with E-state index < -0.39 is 0 Å². The predicted molar refractivity (Wildman–Crippen MR) is 70.8 cm³/mol. The van der Waals surface area contributed by atoms with Crippen LogP contribution in [0, 0.1) is 6.92 Å². The number of rotatable bonds is 2. The van der Waals surface area contributed by atoms with E-state index in [0.717, 1.165) is 29.8 Å². The molecule has 1 aromatic heterocycles. The van der Waals surface area contributed by atoms with Crippen LogP contribution in [0.15, 0.2) is 11.2 Å². The van der Waals surface area contributed by atoms with E-state index in [1.165, 1.54) is 0 Å². The zero-order valence-corrected chi connectivity index (χ0v) is 11.6. The summed E-state index contributed by atoms with van der Waals surface area (Å²) in [5.74, 6) is 1.02. The van der Waals surface area contributed by atoms with Crippen LogP contribution in [0.5, 0.6) is 0 Å². The van der Waals surface area contributed by atoms with Crippen LogP contribution in [-0.2, 0) is 4.74 Å². The second-order valence-corrected chi connectivity index (χ2v) is 5.29. The Kier molecular flexibility index (Phi) is 3.89. The molecule has 0 amide bonds. The molecule has 2 heterocycles. The summed E-state index contributed by atoms with van der Waals surface area (Å²) in [6.07, 6.45) is 2.52. The molecule has 0 radical (unpaired) electrons. The second-order valence-electron chi connectivity index (χ2n) is 4.52. The van der Waals surface area contributed by atoms with Gasteiger partial charge in [-0.15, -0.1) is 0 Å². The van der Waals surface area contributed by atoms with Gasteiger partial charge in [0.2, 0.25) is 0 Å². The predicted octanol–water partition coefficient (Wildman–Crippen LogP) is 2.12. The fourth-order valence-corrected chi connectivity index (χ4v) is 2.56. The first-order valence-electron chi connectivity index (χ1n) is 5.88. The van der Waals surface area contributed by atoms with Crippen LogP contribution < -0.4 is 4.90 Å². The SMILES string of the molecule is CSc1nc(C)cc(N2CC(C)OC(C)C2)n1. The highest BCUT2D eigenvalue weighted by Gasteiger charge is 2.23. The molecule has 1 aliphatic rings. The van der Waals surface area contributed by atoms with Crippen molar-refractivity contribution in [3.63, 3.8) is 0 Å². The molecule has 0 N–H and O–H groups in total. The Balaban J connectivity index is 2.23. The quantitative estimate of drug-likeness (QED) is 0.596. The average Bonchev–Trinajstić information content (AvgIpc) is 2.26. The molecule has 5 heteroatoms. The number of thioether (sulfide) groups is 1. The molecular formula is C12H19N3OS. The van der Waals surface area contributed by atoms with Crippen LogP contribution in [-0.4, -0.2) is 41.5 Å². The lowest BCUT2D eigenvalue weighted by Crippen LogP contribution is -2.45. The fraction of sp³-hybridized carbons (Fsp3) is 0.667. The van der Waals surface area contributed by atoms with Crippen molar-refractivity contribution >= 4 is 17.6 Å². The van der Waals surface area contributed by atoms with E-state index in [2.05, 4.69) is 28.7 Å². The summed E-state index contributed by atoms with van der Waals surface area (Å²) >= 11 is 1.58. The van der Waals surface area contributed by atoms with Gasteiger partial charge in [0.1, 0.15) is 5.82 Å². The van der Waals surface area contributed by atoms with Crippen molar-refractivity contribution in [2.75, 3.05) is 24.2 Å². The molecule has 0 spiro atoms.